The number of amides is 1. The van der Waals surface area contributed by atoms with E-state index in [1.54, 1.807) is 7.11 Å². The number of nitrogens with zero attached hydrogens (tertiary/aromatic N) is 3. The van der Waals surface area contributed by atoms with Gasteiger partial charge in [0, 0.05) is 58.3 Å². The summed E-state index contributed by atoms with van der Waals surface area (Å²) in [5.41, 5.74) is -0.293. The Bertz CT molecular complexity index is 1060. The molecule has 3 heterocycles. The molecule has 0 bridgehead atoms. The first-order chi connectivity index (χ1) is 16.7. The summed E-state index contributed by atoms with van der Waals surface area (Å²) in [6.07, 6.45) is -3.84. The number of sulfonamides is 1. The highest BCUT2D eigenvalue weighted by molar-refractivity contribution is 7.89. The van der Waals surface area contributed by atoms with Crippen LogP contribution in [0.2, 0.25) is 0 Å². The highest BCUT2D eigenvalue weighted by atomic mass is 32.2. The fourth-order valence-corrected chi connectivity index (χ4v) is 6.82. The number of carbonyl (C=O) groups is 2. The fraction of sp³-hybridized carbons (Fsp3) is 0.636. The Morgan fingerprint density at radius 3 is 2.22 bits per heavy atom. The summed E-state index contributed by atoms with van der Waals surface area (Å²) in [6, 6.07) is 4.95. The monoisotopic (exact) mass is 539 g/mol. The molecule has 3 fully saturated rings. The zero-order valence-electron chi connectivity index (χ0n) is 19.9. The highest BCUT2D eigenvalue weighted by Crippen LogP contribution is 2.49. The van der Waals surface area contributed by atoms with Gasteiger partial charge in [0.15, 0.2) is 0 Å². The van der Waals surface area contributed by atoms with Crippen molar-refractivity contribution in [2.45, 2.75) is 29.5 Å². The summed E-state index contributed by atoms with van der Waals surface area (Å²) in [5.74, 6) is -2.85. The van der Waals surface area contributed by atoms with Gasteiger partial charge in [0.1, 0.15) is 5.82 Å². The number of fused-ring (bicyclic) bond motifs is 2. The number of methoxy groups -OCH3 is 1. The van der Waals surface area contributed by atoms with Crippen molar-refractivity contribution in [3.05, 3.63) is 30.1 Å². The number of ether oxygens (including phenoxy) is 1. The van der Waals surface area contributed by atoms with Crippen LogP contribution in [0.25, 0.3) is 0 Å². The van der Waals surface area contributed by atoms with Crippen LogP contribution in [0.4, 0.5) is 17.6 Å². The number of hydrogen-bond acceptors (Lipinski definition) is 6. The van der Waals surface area contributed by atoms with Crippen molar-refractivity contribution < 1.29 is 45.4 Å². The van der Waals surface area contributed by atoms with Crippen molar-refractivity contribution in [1.82, 2.24) is 14.1 Å². The van der Waals surface area contributed by atoms with Crippen molar-refractivity contribution in [3.8, 4) is 0 Å². The predicted molar refractivity (Wildman–Crippen MR) is 119 cm³/mol. The quantitative estimate of drug-likeness (QED) is 0.567. The number of alkyl halides is 3. The van der Waals surface area contributed by atoms with Crippen LogP contribution in [0.3, 0.4) is 0 Å². The molecule has 0 saturated carbocycles. The number of carboxylic acid groups (broad SMARTS) is 1. The topological polar surface area (TPSA) is 107 Å². The molecule has 4 rings (SSSR count). The van der Waals surface area contributed by atoms with Gasteiger partial charge in [-0.05, 0) is 37.1 Å². The van der Waals surface area contributed by atoms with E-state index in [2.05, 4.69) is 4.90 Å². The number of piperidine rings is 1. The van der Waals surface area contributed by atoms with E-state index in [0.29, 0.717) is 32.5 Å². The van der Waals surface area contributed by atoms with E-state index in [9.17, 15) is 30.8 Å². The summed E-state index contributed by atoms with van der Waals surface area (Å²) in [4.78, 5) is 26.1. The molecule has 0 radical (unpaired) electrons. The van der Waals surface area contributed by atoms with Gasteiger partial charge in [-0.15, -0.1) is 0 Å². The van der Waals surface area contributed by atoms with Crippen molar-refractivity contribution in [3.63, 3.8) is 0 Å². The van der Waals surface area contributed by atoms with Gasteiger partial charge in [0.25, 0.3) is 0 Å². The number of likely N-dealkylation sites (tertiary alicyclic amines) is 2. The Labute approximate surface area is 206 Å². The second kappa shape index (κ2) is 10.6. The molecule has 14 heteroatoms. The van der Waals surface area contributed by atoms with Gasteiger partial charge in [-0.1, -0.05) is 0 Å². The largest absolute Gasteiger partial charge is 0.490 e. The third-order valence-electron chi connectivity index (χ3n) is 7.30. The average molecular weight is 540 g/mol. The van der Waals surface area contributed by atoms with Crippen molar-refractivity contribution in [1.29, 1.82) is 0 Å². The minimum absolute atomic E-state index is 0.0166. The van der Waals surface area contributed by atoms with Crippen molar-refractivity contribution >= 4 is 21.9 Å². The first kappa shape index (κ1) is 28.3. The lowest BCUT2D eigenvalue weighted by molar-refractivity contribution is -0.192. The number of benzene rings is 1. The Hall–Kier alpha value is -2.29. The molecule has 36 heavy (non-hydrogen) atoms. The third-order valence-corrected chi connectivity index (χ3v) is 9.21. The molecule has 1 spiro atoms. The van der Waals surface area contributed by atoms with Gasteiger partial charge in [-0.3, -0.25) is 9.69 Å². The van der Waals surface area contributed by atoms with E-state index in [1.807, 2.05) is 11.9 Å². The minimum Gasteiger partial charge on any atom is -0.475 e. The SMILES string of the molecule is COCCN1C[C@@H]2C(=O)N(C)C3(CCN(S(=O)(=O)c4ccc(F)cc4)CC3)[C@@H]2C1.O=C(O)C(F)(F)F. The molecule has 3 saturated heterocycles. The smallest absolute Gasteiger partial charge is 0.475 e. The lowest BCUT2D eigenvalue weighted by atomic mass is 9.75. The maximum Gasteiger partial charge on any atom is 0.490 e. The third kappa shape index (κ3) is 5.50. The zero-order chi connectivity index (χ0) is 26.9. The maximum atomic E-state index is 13.2. The van der Waals surface area contributed by atoms with Crippen LogP contribution in [0.1, 0.15) is 12.8 Å². The van der Waals surface area contributed by atoms with Crippen molar-refractivity contribution in [2.75, 3.05) is 53.5 Å². The number of carbonyl (C=O) groups excluding carboxylic acids is 1. The molecule has 3 aliphatic heterocycles. The summed E-state index contributed by atoms with van der Waals surface area (Å²) in [6.45, 7) is 3.75. The lowest BCUT2D eigenvalue weighted by Crippen LogP contribution is -2.56. The molecule has 1 amide bonds. The molecule has 2 atom stereocenters. The molecule has 9 nitrogen and oxygen atoms in total. The first-order valence-corrected chi connectivity index (χ1v) is 12.7. The van der Waals surface area contributed by atoms with E-state index >= 15 is 0 Å². The highest BCUT2D eigenvalue weighted by Gasteiger charge is 2.60. The zero-order valence-corrected chi connectivity index (χ0v) is 20.7. The second-order valence-corrected chi connectivity index (χ2v) is 11.1. The number of aliphatic carboxylic acids is 1. The fourth-order valence-electron chi connectivity index (χ4n) is 5.38. The molecule has 0 unspecified atom stereocenters. The van der Waals surface area contributed by atoms with E-state index < -0.39 is 28.0 Å². The van der Waals surface area contributed by atoms with E-state index in [1.165, 1.54) is 28.6 Å². The van der Waals surface area contributed by atoms with Crippen LogP contribution in [-0.2, 0) is 24.3 Å². The van der Waals surface area contributed by atoms with Gasteiger partial charge in [0.2, 0.25) is 15.9 Å². The van der Waals surface area contributed by atoms with Gasteiger partial charge in [-0.2, -0.15) is 17.5 Å². The summed E-state index contributed by atoms with van der Waals surface area (Å²) in [7, 11) is -0.124. The van der Waals surface area contributed by atoms with Crippen LogP contribution in [-0.4, -0.2) is 105 Å². The number of rotatable bonds is 5. The van der Waals surface area contributed by atoms with E-state index in [4.69, 9.17) is 14.6 Å². The maximum absolute atomic E-state index is 13.2. The molecular formula is C22H29F4N3O6S. The Kier molecular flexibility index (Phi) is 8.33. The Balaban J connectivity index is 0.000000454. The molecule has 202 valence electrons. The van der Waals surface area contributed by atoms with E-state index in [-0.39, 0.29) is 28.2 Å². The standard InChI is InChI=1S/C20H28FN3O4S.C2HF3O2/c1-22-19(25)17-13-23(11-12-28-2)14-18(17)20(22)7-9-24(10-8-20)29(26,27)16-5-3-15(21)4-6-16;3-2(4,5)1(6)7/h3-6,17-18H,7-14H2,1-2H3;(H,6,7)/t17-,18+;/m0./s1. The van der Waals surface area contributed by atoms with Gasteiger partial charge < -0.3 is 14.7 Å². The number of halogens is 4. The predicted octanol–water partition coefficient (Wildman–Crippen LogP) is 1.65. The average Bonchev–Trinajstić information content (AvgIpc) is 3.33. The van der Waals surface area contributed by atoms with E-state index in [0.717, 1.165) is 19.6 Å². The minimum atomic E-state index is -5.08. The normalized spacial score (nSPS) is 24.5. The van der Waals surface area contributed by atoms with Crippen LogP contribution < -0.4 is 0 Å². The number of carboxylic acids is 1. The first-order valence-electron chi connectivity index (χ1n) is 11.3. The van der Waals surface area contributed by atoms with Crippen LogP contribution in [0.5, 0.6) is 0 Å². The van der Waals surface area contributed by atoms with Crippen molar-refractivity contribution in [2.24, 2.45) is 11.8 Å². The van der Waals surface area contributed by atoms with Crippen LogP contribution >= 0.6 is 0 Å². The molecule has 3 aliphatic rings. The van der Waals surface area contributed by atoms with Crippen LogP contribution in [0, 0.1) is 17.7 Å². The summed E-state index contributed by atoms with van der Waals surface area (Å²) < 4.78 is 77.4. The molecule has 0 aliphatic carbocycles. The Morgan fingerprint density at radius 2 is 1.72 bits per heavy atom. The molecular weight excluding hydrogens is 510 g/mol. The molecule has 1 aromatic carbocycles. The lowest BCUT2D eigenvalue weighted by Gasteiger charge is -2.46. The Morgan fingerprint density at radius 1 is 1.17 bits per heavy atom. The number of hydrogen-bond donors (Lipinski definition) is 1. The van der Waals surface area contributed by atoms with Crippen LogP contribution in [0.15, 0.2) is 29.2 Å². The van der Waals surface area contributed by atoms with Gasteiger partial charge in [-0.25, -0.2) is 17.6 Å². The summed E-state index contributed by atoms with van der Waals surface area (Å²) in [5, 5.41) is 7.12. The van der Waals surface area contributed by atoms with Gasteiger partial charge in [0.05, 0.1) is 17.4 Å². The van der Waals surface area contributed by atoms with Gasteiger partial charge >= 0.3 is 12.1 Å². The second-order valence-electron chi connectivity index (χ2n) is 9.13. The molecule has 1 N–H and O–H groups in total. The molecule has 1 aromatic rings. The molecule has 0 aromatic heterocycles. The summed E-state index contributed by atoms with van der Waals surface area (Å²) >= 11 is 0.